The van der Waals surface area contributed by atoms with Gasteiger partial charge >= 0.3 is 12.4 Å². The zero-order valence-electron chi connectivity index (χ0n) is 8.95. The largest absolute Gasteiger partial charge is 0.433 e. The van der Waals surface area contributed by atoms with Crippen LogP contribution in [0.4, 0.5) is 26.3 Å². The van der Waals surface area contributed by atoms with Crippen molar-refractivity contribution in [1.29, 1.82) is 0 Å². The Morgan fingerprint density at radius 2 is 1.53 bits per heavy atom. The summed E-state index contributed by atoms with van der Waals surface area (Å²) in [6.45, 7) is 2.53. The lowest BCUT2D eigenvalue weighted by atomic mass is 9.95. The molecule has 0 saturated carbocycles. The van der Waals surface area contributed by atoms with E-state index >= 15 is 0 Å². The van der Waals surface area contributed by atoms with Gasteiger partial charge in [-0.2, -0.15) is 26.3 Å². The Hall–Kier alpha value is -1.27. The average molecular weight is 257 g/mol. The highest BCUT2D eigenvalue weighted by atomic mass is 19.4. The summed E-state index contributed by atoms with van der Waals surface area (Å²) in [4.78, 5) is 3.02. The Labute approximate surface area is 93.5 Å². The van der Waals surface area contributed by atoms with Crippen LogP contribution in [0, 0.1) is 0 Å². The first-order valence-corrected chi connectivity index (χ1v) is 4.68. The van der Waals surface area contributed by atoms with Gasteiger partial charge in [0.05, 0.1) is 5.56 Å². The third kappa shape index (κ3) is 2.89. The molecule has 17 heavy (non-hydrogen) atoms. The molecule has 0 aromatic carbocycles. The smallest absolute Gasteiger partial charge is 0.251 e. The van der Waals surface area contributed by atoms with Gasteiger partial charge in [-0.05, 0) is 17.5 Å². The molecule has 0 saturated heterocycles. The minimum atomic E-state index is -4.89. The maximum Gasteiger partial charge on any atom is 0.433 e. The second-order valence-corrected chi connectivity index (χ2v) is 3.77. The molecule has 0 aliphatic carbocycles. The van der Waals surface area contributed by atoms with Crippen LogP contribution in [0.5, 0.6) is 0 Å². The zero-order valence-corrected chi connectivity index (χ0v) is 8.95. The van der Waals surface area contributed by atoms with Crippen molar-refractivity contribution >= 4 is 0 Å². The molecule has 0 bridgehead atoms. The zero-order chi connectivity index (χ0) is 13.4. The molecule has 0 fully saturated rings. The maximum atomic E-state index is 12.6. The van der Waals surface area contributed by atoms with Crippen molar-refractivity contribution in [1.82, 2.24) is 4.98 Å². The van der Waals surface area contributed by atoms with Crippen LogP contribution in [0.25, 0.3) is 0 Å². The second-order valence-electron chi connectivity index (χ2n) is 3.77. The number of hydrogen-bond acceptors (Lipinski definition) is 1. The third-order valence-electron chi connectivity index (χ3n) is 2.14. The fraction of sp³-hybridized carbons (Fsp3) is 0.500. The van der Waals surface area contributed by atoms with Crippen LogP contribution in [0.15, 0.2) is 12.3 Å². The molecule has 1 nitrogen and oxygen atoms in total. The SMILES string of the molecule is CC(C)c1c(C(F)(F)F)ccnc1C(F)(F)F. The molecule has 0 aliphatic heterocycles. The van der Waals surface area contributed by atoms with Crippen molar-refractivity contribution in [2.45, 2.75) is 32.1 Å². The molecule has 1 heterocycles. The summed E-state index contributed by atoms with van der Waals surface area (Å²) in [6, 6.07) is 0.560. The summed E-state index contributed by atoms with van der Waals surface area (Å²) in [5, 5.41) is 0. The van der Waals surface area contributed by atoms with Crippen LogP contribution in [-0.2, 0) is 12.4 Å². The fourth-order valence-electron chi connectivity index (χ4n) is 1.53. The van der Waals surface area contributed by atoms with E-state index in [1.165, 1.54) is 13.8 Å². The van der Waals surface area contributed by atoms with Gasteiger partial charge < -0.3 is 0 Å². The molecule has 0 N–H and O–H groups in total. The van der Waals surface area contributed by atoms with Crippen LogP contribution < -0.4 is 0 Å². The van der Waals surface area contributed by atoms with Gasteiger partial charge in [-0.15, -0.1) is 0 Å². The lowest BCUT2D eigenvalue weighted by molar-refractivity contribution is -0.147. The van der Waals surface area contributed by atoms with Crippen molar-refractivity contribution in [2.75, 3.05) is 0 Å². The molecule has 0 aliphatic rings. The van der Waals surface area contributed by atoms with E-state index in [1.807, 2.05) is 0 Å². The number of pyridine rings is 1. The number of nitrogens with zero attached hydrogens (tertiary/aromatic N) is 1. The lowest BCUT2D eigenvalue weighted by Gasteiger charge is -2.19. The number of halogens is 6. The van der Waals surface area contributed by atoms with E-state index in [2.05, 4.69) is 4.98 Å². The molecule has 7 heteroatoms. The Morgan fingerprint density at radius 1 is 1.00 bits per heavy atom. The topological polar surface area (TPSA) is 12.9 Å². The van der Waals surface area contributed by atoms with Crippen molar-refractivity contribution in [2.24, 2.45) is 0 Å². The van der Waals surface area contributed by atoms with E-state index in [0.717, 1.165) is 0 Å². The summed E-state index contributed by atoms with van der Waals surface area (Å²) in [7, 11) is 0. The van der Waals surface area contributed by atoms with E-state index < -0.39 is 35.1 Å². The van der Waals surface area contributed by atoms with Gasteiger partial charge in [0.2, 0.25) is 0 Å². The van der Waals surface area contributed by atoms with Gasteiger partial charge in [-0.3, -0.25) is 4.98 Å². The predicted molar refractivity (Wildman–Crippen MR) is 48.3 cm³/mol. The first-order chi connectivity index (χ1) is 7.55. The van der Waals surface area contributed by atoms with Gasteiger partial charge in [0.15, 0.2) is 0 Å². The molecule has 1 aromatic heterocycles. The molecule has 0 amide bonds. The fourth-order valence-corrected chi connectivity index (χ4v) is 1.53. The summed E-state index contributed by atoms with van der Waals surface area (Å²) in [6.07, 6.45) is -9.18. The summed E-state index contributed by atoms with van der Waals surface area (Å²) in [5.41, 5.74) is -3.57. The van der Waals surface area contributed by atoms with Gasteiger partial charge in [0.25, 0.3) is 0 Å². The normalized spacial score (nSPS) is 13.2. The Morgan fingerprint density at radius 3 is 1.88 bits per heavy atom. The molecule has 96 valence electrons. The number of hydrogen-bond donors (Lipinski definition) is 0. The van der Waals surface area contributed by atoms with Crippen molar-refractivity contribution in [3.8, 4) is 0 Å². The van der Waals surface area contributed by atoms with Crippen LogP contribution in [0.3, 0.4) is 0 Å². The molecule has 0 unspecified atom stereocenters. The standard InChI is InChI=1S/C10H9F6N/c1-5(2)7-6(9(11,12)13)3-4-17-8(7)10(14,15)16/h3-5H,1-2H3. The highest BCUT2D eigenvalue weighted by molar-refractivity contribution is 5.36. The van der Waals surface area contributed by atoms with E-state index in [9.17, 15) is 26.3 Å². The van der Waals surface area contributed by atoms with Gasteiger partial charge in [0, 0.05) is 6.20 Å². The van der Waals surface area contributed by atoms with Gasteiger partial charge in [-0.1, -0.05) is 13.8 Å². The summed E-state index contributed by atoms with van der Waals surface area (Å²) < 4.78 is 75.4. The predicted octanol–water partition coefficient (Wildman–Crippen LogP) is 4.24. The monoisotopic (exact) mass is 257 g/mol. The minimum Gasteiger partial charge on any atom is -0.251 e. The van der Waals surface area contributed by atoms with Crippen LogP contribution in [-0.4, -0.2) is 4.98 Å². The molecule has 1 rings (SSSR count). The quantitative estimate of drug-likeness (QED) is 0.685. The Kier molecular flexibility index (Phi) is 3.40. The van der Waals surface area contributed by atoms with E-state index in [4.69, 9.17) is 0 Å². The molecule has 0 spiro atoms. The molecule has 0 atom stereocenters. The molecule has 1 aromatic rings. The highest BCUT2D eigenvalue weighted by Crippen LogP contribution is 2.41. The second kappa shape index (κ2) is 4.19. The number of aromatic nitrogens is 1. The average Bonchev–Trinajstić information content (AvgIpc) is 2.13. The Bertz CT molecular complexity index is 372. The molecule has 0 radical (unpaired) electrons. The van der Waals surface area contributed by atoms with Gasteiger partial charge in [-0.25, -0.2) is 0 Å². The summed E-state index contributed by atoms with van der Waals surface area (Å²) >= 11 is 0. The third-order valence-corrected chi connectivity index (χ3v) is 2.14. The van der Waals surface area contributed by atoms with Crippen molar-refractivity contribution in [3.63, 3.8) is 0 Å². The number of rotatable bonds is 1. The van der Waals surface area contributed by atoms with E-state index in [-0.39, 0.29) is 0 Å². The highest BCUT2D eigenvalue weighted by Gasteiger charge is 2.42. The van der Waals surface area contributed by atoms with Gasteiger partial charge in [0.1, 0.15) is 5.69 Å². The van der Waals surface area contributed by atoms with Crippen LogP contribution in [0.2, 0.25) is 0 Å². The first kappa shape index (κ1) is 13.8. The van der Waals surface area contributed by atoms with E-state index in [1.54, 1.807) is 0 Å². The first-order valence-electron chi connectivity index (χ1n) is 4.68. The molecular formula is C10H9F6N. The summed E-state index contributed by atoms with van der Waals surface area (Å²) in [5.74, 6) is -0.919. The van der Waals surface area contributed by atoms with Crippen molar-refractivity contribution in [3.05, 3.63) is 29.1 Å². The minimum absolute atomic E-state index is 0.525. The van der Waals surface area contributed by atoms with Crippen LogP contribution >= 0.6 is 0 Å². The van der Waals surface area contributed by atoms with E-state index in [0.29, 0.717) is 12.3 Å². The Balaban J connectivity index is 3.55. The maximum absolute atomic E-state index is 12.6. The molecular weight excluding hydrogens is 248 g/mol. The number of alkyl halides is 6. The van der Waals surface area contributed by atoms with Crippen LogP contribution in [0.1, 0.15) is 36.6 Å². The lowest BCUT2D eigenvalue weighted by Crippen LogP contribution is -2.19. The van der Waals surface area contributed by atoms with Crippen molar-refractivity contribution < 1.29 is 26.3 Å².